The van der Waals surface area contributed by atoms with Crippen LogP contribution in [0.25, 0.3) is 0 Å². The van der Waals surface area contributed by atoms with E-state index >= 15 is 0 Å². The van der Waals surface area contributed by atoms with E-state index in [1.54, 1.807) is 0 Å². The average molecular weight is 1030 g/mol. The van der Waals surface area contributed by atoms with Crippen LogP contribution in [0.3, 0.4) is 0 Å². The molecule has 0 aliphatic rings. The van der Waals surface area contributed by atoms with Crippen LogP contribution in [0.2, 0.25) is 0 Å². The van der Waals surface area contributed by atoms with Crippen molar-refractivity contribution in [3.05, 3.63) is 97.1 Å². The molecule has 384 valence electrons. The molecule has 4 aromatic carbocycles. The van der Waals surface area contributed by atoms with E-state index < -0.39 is 40.5 Å². The Kier molecular flexibility index (Phi) is 29.9. The number of ether oxygens (including phenoxy) is 2. The molecule has 4 aromatic rings. The maximum Gasteiger partial charge on any atom is 0.296 e. The maximum atomic E-state index is 12.3. The van der Waals surface area contributed by atoms with E-state index in [0.717, 1.165) is 49.9 Å². The van der Waals surface area contributed by atoms with Gasteiger partial charge in [0.05, 0.1) is 32.8 Å². The van der Waals surface area contributed by atoms with Crippen LogP contribution in [0.15, 0.2) is 117 Å². The highest BCUT2D eigenvalue weighted by atomic mass is 32.2. The van der Waals surface area contributed by atoms with Gasteiger partial charge in [-0.3, -0.25) is 8.37 Å². The highest BCUT2D eigenvalue weighted by Crippen LogP contribution is 2.27. The third-order valence-electron chi connectivity index (χ3n) is 10.4. The van der Waals surface area contributed by atoms with Crippen molar-refractivity contribution in [1.82, 2.24) is 12.3 Å². The fourth-order valence-electron chi connectivity index (χ4n) is 6.62. The van der Waals surface area contributed by atoms with Crippen LogP contribution >= 0.6 is 0 Å². The first kappa shape index (κ1) is 62.1. The van der Waals surface area contributed by atoms with Crippen LogP contribution in [-0.2, 0) is 48.8 Å². The summed E-state index contributed by atoms with van der Waals surface area (Å²) in [6.07, 6.45) is 23.2. The van der Waals surface area contributed by atoms with Crippen molar-refractivity contribution in [3.8, 4) is 23.0 Å². The van der Waals surface area contributed by atoms with Gasteiger partial charge in [0.25, 0.3) is 20.2 Å². The van der Waals surface area contributed by atoms with E-state index in [9.17, 15) is 42.8 Å². The predicted octanol–water partition coefficient (Wildman–Crippen LogP) is 12.8. The Morgan fingerprint density at radius 1 is 0.324 bits per heavy atom. The molecular formula is C48H74N2O14S4. The Morgan fingerprint density at radius 3 is 0.750 bits per heavy atom. The van der Waals surface area contributed by atoms with Gasteiger partial charge in [0, 0.05) is 0 Å². The van der Waals surface area contributed by atoms with Crippen molar-refractivity contribution in [2.45, 2.75) is 162 Å². The van der Waals surface area contributed by atoms with Crippen LogP contribution in [0.4, 0.5) is 0 Å². The lowest BCUT2D eigenvalue weighted by atomic mass is 10.1. The zero-order valence-corrected chi connectivity index (χ0v) is 43.4. The molecule has 0 fully saturated rings. The molecule has 0 unspecified atom stereocenters. The predicted molar refractivity (Wildman–Crippen MR) is 264 cm³/mol. The van der Waals surface area contributed by atoms with Gasteiger partial charge in [-0.1, -0.05) is 129 Å². The van der Waals surface area contributed by atoms with Crippen molar-refractivity contribution in [1.29, 1.82) is 0 Å². The van der Waals surface area contributed by atoms with Crippen molar-refractivity contribution < 1.29 is 60.6 Å². The van der Waals surface area contributed by atoms with E-state index in [1.165, 1.54) is 163 Å². The van der Waals surface area contributed by atoms with Crippen LogP contribution in [-0.4, -0.2) is 56.0 Å². The summed E-state index contributed by atoms with van der Waals surface area (Å²) < 4.78 is 137. The van der Waals surface area contributed by atoms with E-state index in [4.69, 9.17) is 17.8 Å². The van der Waals surface area contributed by atoms with E-state index in [2.05, 4.69) is 13.8 Å². The summed E-state index contributed by atoms with van der Waals surface area (Å²) in [5, 5.41) is 0. The first-order valence-electron chi connectivity index (χ1n) is 22.9. The summed E-state index contributed by atoms with van der Waals surface area (Å²) in [6, 6.07) is 21.5. The number of unbranched alkanes of at least 4 members (excludes halogenated alkanes) is 18. The lowest BCUT2D eigenvalue weighted by Gasteiger charge is -2.10. The Balaban J connectivity index is 0.000000661. The van der Waals surface area contributed by atoms with Gasteiger partial charge in [0.2, 0.25) is 0 Å². The Bertz CT molecular complexity index is 2240. The van der Waals surface area contributed by atoms with Crippen molar-refractivity contribution in [2.75, 3.05) is 13.2 Å². The minimum atomic E-state index is -4.52. The topological polar surface area (TPSA) is 293 Å². The smallest absolute Gasteiger partial charge is 0.296 e. The molecule has 0 heterocycles. The molecule has 8 N–H and O–H groups in total. The Labute approximate surface area is 406 Å². The molecule has 20 heteroatoms. The fraction of sp³-hybridized carbons (Fsp3) is 0.500. The highest BCUT2D eigenvalue weighted by Gasteiger charge is 2.17. The number of benzene rings is 4. The van der Waals surface area contributed by atoms with Gasteiger partial charge < -0.3 is 30.9 Å². The molecule has 0 atom stereocenters. The number of hydrogen-bond donors (Lipinski definition) is 2. The van der Waals surface area contributed by atoms with Gasteiger partial charge >= 0.3 is 0 Å². The van der Waals surface area contributed by atoms with Crippen LogP contribution in [0.5, 0.6) is 23.0 Å². The molecule has 16 nitrogen and oxygen atoms in total. The number of rotatable bonds is 32. The molecular weight excluding hydrogens is 957 g/mol. The Morgan fingerprint density at radius 2 is 0.529 bits per heavy atom. The van der Waals surface area contributed by atoms with Crippen molar-refractivity contribution >= 4 is 40.5 Å². The second-order valence-corrected chi connectivity index (χ2v) is 21.9. The van der Waals surface area contributed by atoms with Gasteiger partial charge in [-0.2, -0.15) is 16.8 Å². The standard InChI is InChI=1S/2C24H34O7S2.2H3N/c2*1-2-3-4-5-6-7-8-9-10-11-20-30-33(28,29)24-18-14-22(15-19-24)31-21-12-16-23(17-13-21)32(25,26)27;;/h2*12-19H,2-11,20H2,1H3,(H,25,26,27);2*1H3. The molecule has 0 aliphatic heterocycles. The number of quaternary nitrogens is 2. The minimum Gasteiger partial charge on any atom is -0.744 e. The van der Waals surface area contributed by atoms with E-state index in [0.29, 0.717) is 35.8 Å². The molecule has 0 saturated heterocycles. The SMILES string of the molecule is CCCCCCCCCCCCOS(=O)(=O)c1ccc(Oc2ccc(S(=O)(=O)[O-])cc2)cc1.CCCCCCCCCCCCOS(=O)(=O)c1ccc(Oc2ccc(S(=O)(=O)[O-])cc2)cc1.[NH4+].[NH4+]. The van der Waals surface area contributed by atoms with Gasteiger partial charge in [-0.25, -0.2) is 16.8 Å². The first-order chi connectivity index (χ1) is 31.4. The third-order valence-corrected chi connectivity index (χ3v) is 14.7. The summed E-state index contributed by atoms with van der Waals surface area (Å²) in [7, 11) is -16.7. The average Bonchev–Trinajstić information content (AvgIpc) is 3.28. The second kappa shape index (κ2) is 32.8. The van der Waals surface area contributed by atoms with E-state index in [1.807, 2.05) is 0 Å². The third kappa shape index (κ3) is 25.1. The zero-order valence-electron chi connectivity index (χ0n) is 40.1. The minimum absolute atomic E-state index is 0. The monoisotopic (exact) mass is 1030 g/mol. The van der Waals surface area contributed by atoms with Crippen molar-refractivity contribution in [3.63, 3.8) is 0 Å². The lowest BCUT2D eigenvalue weighted by Crippen LogP contribution is -2.07. The molecule has 0 amide bonds. The summed E-state index contributed by atoms with van der Waals surface area (Å²) in [4.78, 5) is -0.629. The summed E-state index contributed by atoms with van der Waals surface area (Å²) >= 11 is 0. The lowest BCUT2D eigenvalue weighted by molar-refractivity contribution is 0.305. The van der Waals surface area contributed by atoms with Crippen molar-refractivity contribution in [2.24, 2.45) is 0 Å². The largest absolute Gasteiger partial charge is 0.744 e. The van der Waals surface area contributed by atoms with E-state index in [-0.39, 0.29) is 45.1 Å². The quantitative estimate of drug-likeness (QED) is 0.0261. The fourth-order valence-corrected chi connectivity index (χ4v) is 9.45. The molecule has 0 aliphatic carbocycles. The highest BCUT2D eigenvalue weighted by molar-refractivity contribution is 7.87. The van der Waals surface area contributed by atoms with Gasteiger partial charge in [0.1, 0.15) is 43.2 Å². The summed E-state index contributed by atoms with van der Waals surface area (Å²) in [5.41, 5.74) is 0. The second-order valence-electron chi connectivity index (χ2n) is 15.9. The van der Waals surface area contributed by atoms with Gasteiger partial charge in [-0.15, -0.1) is 0 Å². The molecule has 0 spiro atoms. The van der Waals surface area contributed by atoms with Crippen LogP contribution in [0, 0.1) is 0 Å². The normalized spacial score (nSPS) is 11.7. The molecule has 68 heavy (non-hydrogen) atoms. The van der Waals surface area contributed by atoms with Crippen LogP contribution < -0.4 is 21.8 Å². The van der Waals surface area contributed by atoms with Gasteiger partial charge in [0.15, 0.2) is 0 Å². The summed E-state index contributed by atoms with van der Waals surface area (Å²) in [5.74, 6) is 1.35. The zero-order chi connectivity index (χ0) is 48.3. The van der Waals surface area contributed by atoms with Crippen LogP contribution in [0.1, 0.15) is 142 Å². The molecule has 0 aromatic heterocycles. The maximum absolute atomic E-state index is 12.3. The molecule has 0 radical (unpaired) electrons. The molecule has 4 rings (SSSR count). The molecule has 0 saturated carbocycles. The van der Waals surface area contributed by atoms with Gasteiger partial charge in [-0.05, 0) is 110 Å². The molecule has 0 bridgehead atoms. The Hall–Kier alpha value is -3.96. The summed E-state index contributed by atoms with van der Waals surface area (Å²) in [6.45, 7) is 4.74. The first-order valence-corrected chi connectivity index (χ1v) is 28.5. The number of hydrogen-bond acceptors (Lipinski definition) is 14.